The number of aryl methyl sites for hydroxylation is 2. The average molecular weight is 366 g/mol. The Balaban J connectivity index is 2.78. The van der Waals surface area contributed by atoms with Crippen molar-refractivity contribution in [1.29, 1.82) is 0 Å². The average Bonchev–Trinajstić information content (AvgIpc) is 2.59. The SMILES string of the molecule is C=Cc1cc(C(O)(c2cc(C)c(OC)c(C)c2)C(F)(F)F)ccc1NN. The fourth-order valence-corrected chi connectivity index (χ4v) is 3.06. The van der Waals surface area contributed by atoms with Crippen LogP contribution in [0.25, 0.3) is 6.08 Å². The number of rotatable bonds is 5. The van der Waals surface area contributed by atoms with Gasteiger partial charge in [-0.15, -0.1) is 0 Å². The maximum atomic E-state index is 14.0. The molecule has 0 aliphatic heterocycles. The topological polar surface area (TPSA) is 67.5 Å². The van der Waals surface area contributed by atoms with E-state index in [9.17, 15) is 18.3 Å². The predicted molar refractivity (Wildman–Crippen MR) is 95.9 cm³/mol. The molecule has 0 amide bonds. The van der Waals surface area contributed by atoms with Crippen LogP contribution in [-0.4, -0.2) is 18.4 Å². The second-order valence-corrected chi connectivity index (χ2v) is 6.00. The number of hydrogen-bond acceptors (Lipinski definition) is 4. The van der Waals surface area contributed by atoms with Gasteiger partial charge in [-0.25, -0.2) is 0 Å². The molecule has 0 spiro atoms. The van der Waals surface area contributed by atoms with Gasteiger partial charge in [-0.3, -0.25) is 5.84 Å². The number of aliphatic hydroxyl groups is 1. The third kappa shape index (κ3) is 3.15. The Morgan fingerprint density at radius 3 is 2.12 bits per heavy atom. The Hall–Kier alpha value is -2.51. The van der Waals surface area contributed by atoms with Gasteiger partial charge in [0.25, 0.3) is 0 Å². The molecule has 2 aromatic rings. The van der Waals surface area contributed by atoms with Crippen LogP contribution in [0.2, 0.25) is 0 Å². The van der Waals surface area contributed by atoms with E-state index in [0.29, 0.717) is 28.1 Å². The number of methoxy groups -OCH3 is 1. The summed E-state index contributed by atoms with van der Waals surface area (Å²) in [7, 11) is 1.44. The van der Waals surface area contributed by atoms with Crippen molar-refractivity contribution in [2.24, 2.45) is 5.84 Å². The highest BCUT2D eigenvalue weighted by atomic mass is 19.4. The number of ether oxygens (including phenoxy) is 1. The molecular formula is C19H21F3N2O2. The van der Waals surface area contributed by atoms with Crippen LogP contribution < -0.4 is 16.0 Å². The number of hydrazine groups is 1. The standard InChI is InChI=1S/C19H21F3N2O2/c1-5-13-10-14(6-7-16(13)24-23)18(25,19(20,21)22)15-8-11(2)17(26-4)12(3)9-15/h5-10,24-25H,1,23H2,2-4H3. The van der Waals surface area contributed by atoms with Crippen LogP contribution >= 0.6 is 0 Å². The first-order valence-electron chi connectivity index (χ1n) is 7.78. The second kappa shape index (κ2) is 7.01. The molecule has 0 heterocycles. The van der Waals surface area contributed by atoms with Gasteiger partial charge in [0.2, 0.25) is 5.60 Å². The molecule has 7 heteroatoms. The summed E-state index contributed by atoms with van der Waals surface area (Å²) in [5.74, 6) is 5.84. The summed E-state index contributed by atoms with van der Waals surface area (Å²) in [6.45, 7) is 6.83. The van der Waals surface area contributed by atoms with E-state index in [1.54, 1.807) is 13.8 Å². The predicted octanol–water partition coefficient (Wildman–Crippen LogP) is 4.04. The van der Waals surface area contributed by atoms with Crippen LogP contribution in [0, 0.1) is 13.8 Å². The van der Waals surface area contributed by atoms with Crippen LogP contribution in [0.1, 0.15) is 27.8 Å². The highest BCUT2D eigenvalue weighted by Crippen LogP contribution is 2.46. The lowest BCUT2D eigenvalue weighted by Crippen LogP contribution is -2.43. The highest BCUT2D eigenvalue weighted by molar-refractivity contribution is 5.67. The third-order valence-electron chi connectivity index (χ3n) is 4.34. The fraction of sp³-hybridized carbons (Fsp3) is 0.263. The molecule has 0 aromatic heterocycles. The first kappa shape index (κ1) is 19.8. The summed E-state index contributed by atoms with van der Waals surface area (Å²) in [5, 5.41) is 10.8. The lowest BCUT2D eigenvalue weighted by Gasteiger charge is -2.33. The number of benzene rings is 2. The number of alkyl halides is 3. The van der Waals surface area contributed by atoms with Crippen LogP contribution in [-0.2, 0) is 5.60 Å². The van der Waals surface area contributed by atoms with Crippen LogP contribution in [0.5, 0.6) is 5.75 Å². The molecule has 0 fully saturated rings. The fourth-order valence-electron chi connectivity index (χ4n) is 3.06. The van der Waals surface area contributed by atoms with Crippen molar-refractivity contribution in [1.82, 2.24) is 0 Å². The van der Waals surface area contributed by atoms with Crippen molar-refractivity contribution in [3.63, 3.8) is 0 Å². The van der Waals surface area contributed by atoms with Gasteiger partial charge in [-0.05, 0) is 65.9 Å². The normalized spacial score (nSPS) is 13.8. The minimum absolute atomic E-state index is 0.288. The quantitative estimate of drug-likeness (QED) is 0.552. The lowest BCUT2D eigenvalue weighted by atomic mass is 9.83. The van der Waals surface area contributed by atoms with Gasteiger partial charge in [0, 0.05) is 0 Å². The monoisotopic (exact) mass is 366 g/mol. The summed E-state index contributed by atoms with van der Waals surface area (Å²) in [6.07, 6.45) is -3.59. The van der Waals surface area contributed by atoms with E-state index in [1.165, 1.54) is 43.5 Å². The van der Waals surface area contributed by atoms with E-state index in [0.717, 1.165) is 0 Å². The van der Waals surface area contributed by atoms with Crippen molar-refractivity contribution >= 4 is 11.8 Å². The number of nitrogen functional groups attached to an aromatic ring is 1. The number of nitrogens with two attached hydrogens (primary N) is 1. The summed E-state index contributed by atoms with van der Waals surface area (Å²) >= 11 is 0. The molecular weight excluding hydrogens is 345 g/mol. The summed E-state index contributed by atoms with van der Waals surface area (Å²) in [5.41, 5.74) is 0.303. The van der Waals surface area contributed by atoms with Gasteiger partial charge < -0.3 is 15.3 Å². The smallest absolute Gasteiger partial charge is 0.425 e. The summed E-state index contributed by atoms with van der Waals surface area (Å²) < 4.78 is 47.2. The molecule has 26 heavy (non-hydrogen) atoms. The van der Waals surface area contributed by atoms with E-state index in [1.807, 2.05) is 0 Å². The van der Waals surface area contributed by atoms with Crippen LogP contribution in [0.3, 0.4) is 0 Å². The molecule has 4 nitrogen and oxygen atoms in total. The Kier molecular flexibility index (Phi) is 5.34. The number of nitrogens with one attached hydrogen (secondary N) is 1. The molecule has 0 radical (unpaired) electrons. The Morgan fingerprint density at radius 1 is 1.12 bits per heavy atom. The number of halogens is 3. The van der Waals surface area contributed by atoms with E-state index < -0.39 is 11.8 Å². The van der Waals surface area contributed by atoms with Gasteiger partial charge >= 0.3 is 6.18 Å². The molecule has 0 saturated carbocycles. The van der Waals surface area contributed by atoms with Crippen molar-refractivity contribution < 1.29 is 23.0 Å². The van der Waals surface area contributed by atoms with Crippen molar-refractivity contribution in [2.75, 3.05) is 12.5 Å². The lowest BCUT2D eigenvalue weighted by molar-refractivity contribution is -0.248. The minimum Gasteiger partial charge on any atom is -0.496 e. The van der Waals surface area contributed by atoms with Gasteiger partial charge in [0.1, 0.15) is 5.75 Å². The van der Waals surface area contributed by atoms with E-state index >= 15 is 0 Å². The van der Waals surface area contributed by atoms with Crippen LogP contribution in [0.4, 0.5) is 18.9 Å². The summed E-state index contributed by atoms with van der Waals surface area (Å²) in [4.78, 5) is 0. The van der Waals surface area contributed by atoms with Gasteiger partial charge in [-0.2, -0.15) is 13.2 Å². The van der Waals surface area contributed by atoms with E-state index in [2.05, 4.69) is 12.0 Å². The molecule has 0 aliphatic rings. The molecule has 0 aliphatic carbocycles. The molecule has 1 unspecified atom stereocenters. The largest absolute Gasteiger partial charge is 0.496 e. The first-order valence-corrected chi connectivity index (χ1v) is 7.78. The third-order valence-corrected chi connectivity index (χ3v) is 4.34. The molecule has 0 bridgehead atoms. The molecule has 0 saturated heterocycles. The molecule has 1 atom stereocenters. The maximum absolute atomic E-state index is 14.0. The maximum Gasteiger partial charge on any atom is 0.425 e. The zero-order valence-corrected chi connectivity index (χ0v) is 14.7. The van der Waals surface area contributed by atoms with Gasteiger partial charge in [-0.1, -0.05) is 18.7 Å². The number of hydrogen-bond donors (Lipinski definition) is 3. The van der Waals surface area contributed by atoms with Crippen molar-refractivity contribution in [3.05, 3.63) is 64.7 Å². The van der Waals surface area contributed by atoms with Crippen molar-refractivity contribution in [3.8, 4) is 5.75 Å². The first-order chi connectivity index (χ1) is 12.1. The Bertz CT molecular complexity index is 811. The van der Waals surface area contributed by atoms with Crippen LogP contribution in [0.15, 0.2) is 36.9 Å². The van der Waals surface area contributed by atoms with Crippen molar-refractivity contribution in [2.45, 2.75) is 25.6 Å². The molecule has 4 N–H and O–H groups in total. The van der Waals surface area contributed by atoms with E-state index in [-0.39, 0.29) is 11.1 Å². The Morgan fingerprint density at radius 2 is 1.69 bits per heavy atom. The van der Waals surface area contributed by atoms with Gasteiger partial charge in [0.15, 0.2) is 0 Å². The zero-order valence-electron chi connectivity index (χ0n) is 14.7. The van der Waals surface area contributed by atoms with E-state index in [4.69, 9.17) is 10.6 Å². The minimum atomic E-state index is -4.95. The summed E-state index contributed by atoms with van der Waals surface area (Å²) in [6, 6.07) is 6.32. The number of anilines is 1. The van der Waals surface area contributed by atoms with Gasteiger partial charge in [0.05, 0.1) is 12.8 Å². The Labute approximate surface area is 150 Å². The zero-order chi connectivity index (χ0) is 19.7. The molecule has 2 aromatic carbocycles. The second-order valence-electron chi connectivity index (χ2n) is 6.00. The molecule has 2 rings (SSSR count). The molecule has 140 valence electrons. The highest BCUT2D eigenvalue weighted by Gasteiger charge is 2.56.